The fourth-order valence-corrected chi connectivity index (χ4v) is 3.82. The van der Waals surface area contributed by atoms with Crippen LogP contribution in [-0.4, -0.2) is 34.5 Å². The van der Waals surface area contributed by atoms with E-state index in [-0.39, 0.29) is 24.4 Å². The van der Waals surface area contributed by atoms with Crippen molar-refractivity contribution in [2.45, 2.75) is 96.5 Å². The number of ketones is 2. The van der Waals surface area contributed by atoms with E-state index in [0.717, 1.165) is 51.4 Å². The number of allylic oxidation sites excluding steroid dienone is 1. The maximum atomic E-state index is 12.1. The summed E-state index contributed by atoms with van der Waals surface area (Å²) in [5.41, 5.74) is 0. The lowest BCUT2D eigenvalue weighted by molar-refractivity contribution is -0.122. The predicted molar refractivity (Wildman–Crippen MR) is 105 cm³/mol. The number of Topliss-reactive ketones (excluding diaryl/α,β-unsaturated/α-hetero) is 2. The van der Waals surface area contributed by atoms with Crippen LogP contribution < -0.4 is 0 Å². The minimum Gasteiger partial charge on any atom is -0.393 e. The Balaban J connectivity index is 2.23. The number of unbranched alkanes of at least 4 members (excludes halogenated alkanes) is 5. The van der Waals surface area contributed by atoms with Crippen molar-refractivity contribution in [1.29, 1.82) is 0 Å². The Bertz CT molecular complexity index is 430. The van der Waals surface area contributed by atoms with Crippen LogP contribution in [0.4, 0.5) is 0 Å². The minimum absolute atomic E-state index is 0.0851. The summed E-state index contributed by atoms with van der Waals surface area (Å²) in [7, 11) is 0. The fourth-order valence-electron chi connectivity index (χ4n) is 3.82. The fraction of sp³-hybridized carbons (Fsp3) is 0.818. The number of aliphatic hydroxyl groups is 2. The lowest BCUT2D eigenvalue weighted by atomic mass is 9.89. The van der Waals surface area contributed by atoms with Crippen molar-refractivity contribution in [3.05, 3.63) is 12.2 Å². The molecule has 0 saturated heterocycles. The summed E-state index contributed by atoms with van der Waals surface area (Å²) in [6.07, 6.45) is 15.9. The second-order valence-corrected chi connectivity index (χ2v) is 7.74. The van der Waals surface area contributed by atoms with Gasteiger partial charge >= 0.3 is 0 Å². The van der Waals surface area contributed by atoms with E-state index in [2.05, 4.69) is 19.1 Å². The Kier molecular flexibility index (Phi) is 12.5. The zero-order valence-electron chi connectivity index (χ0n) is 16.5. The van der Waals surface area contributed by atoms with Crippen molar-refractivity contribution in [3.8, 4) is 0 Å². The highest BCUT2D eigenvalue weighted by Gasteiger charge is 2.32. The Morgan fingerprint density at radius 1 is 1.19 bits per heavy atom. The van der Waals surface area contributed by atoms with Crippen molar-refractivity contribution in [2.75, 3.05) is 6.61 Å². The van der Waals surface area contributed by atoms with Gasteiger partial charge in [-0.05, 0) is 38.0 Å². The van der Waals surface area contributed by atoms with E-state index < -0.39 is 0 Å². The Hall–Kier alpha value is -1.00. The first-order valence-corrected chi connectivity index (χ1v) is 10.6. The van der Waals surface area contributed by atoms with E-state index in [4.69, 9.17) is 5.11 Å². The van der Waals surface area contributed by atoms with Crippen LogP contribution in [0.25, 0.3) is 0 Å². The lowest BCUT2D eigenvalue weighted by Gasteiger charge is -2.15. The van der Waals surface area contributed by atoms with E-state index in [1.54, 1.807) is 0 Å². The zero-order valence-corrected chi connectivity index (χ0v) is 16.5. The molecule has 2 N–H and O–H groups in total. The highest BCUT2D eigenvalue weighted by Crippen LogP contribution is 2.34. The molecule has 0 aromatic carbocycles. The van der Waals surface area contributed by atoms with E-state index >= 15 is 0 Å². The molecule has 150 valence electrons. The number of aliphatic hydroxyl groups excluding tert-OH is 2. The van der Waals surface area contributed by atoms with Crippen molar-refractivity contribution in [2.24, 2.45) is 11.8 Å². The van der Waals surface area contributed by atoms with Crippen LogP contribution in [0.3, 0.4) is 0 Å². The third-order valence-corrected chi connectivity index (χ3v) is 5.48. The number of carbonyl (C=O) groups is 2. The summed E-state index contributed by atoms with van der Waals surface area (Å²) in [6.45, 7) is 1.82. The van der Waals surface area contributed by atoms with Gasteiger partial charge in [0, 0.05) is 18.8 Å². The first-order chi connectivity index (χ1) is 12.6. The van der Waals surface area contributed by atoms with E-state index in [1.807, 2.05) is 0 Å². The highest BCUT2D eigenvalue weighted by atomic mass is 16.3. The molecule has 1 saturated carbocycles. The zero-order chi connectivity index (χ0) is 19.2. The molecule has 3 atom stereocenters. The molecule has 1 aliphatic rings. The number of carbonyl (C=O) groups excluding carboxylic acids is 2. The van der Waals surface area contributed by atoms with Crippen molar-refractivity contribution in [3.63, 3.8) is 0 Å². The summed E-state index contributed by atoms with van der Waals surface area (Å²) in [5.74, 6) is 0.778. The molecular weight excluding hydrogens is 328 g/mol. The average molecular weight is 367 g/mol. The molecule has 0 heterocycles. The molecule has 4 heteroatoms. The lowest BCUT2D eigenvalue weighted by Crippen LogP contribution is -2.13. The van der Waals surface area contributed by atoms with Crippen LogP contribution >= 0.6 is 0 Å². The molecule has 1 fully saturated rings. The number of hydrogen-bond acceptors (Lipinski definition) is 4. The Morgan fingerprint density at radius 2 is 1.96 bits per heavy atom. The van der Waals surface area contributed by atoms with Crippen molar-refractivity contribution < 1.29 is 19.8 Å². The van der Waals surface area contributed by atoms with Crippen molar-refractivity contribution in [1.82, 2.24) is 0 Å². The van der Waals surface area contributed by atoms with Gasteiger partial charge in [-0.1, -0.05) is 57.6 Å². The first-order valence-electron chi connectivity index (χ1n) is 10.6. The molecule has 0 bridgehead atoms. The molecule has 0 amide bonds. The smallest absolute Gasteiger partial charge is 0.158 e. The standard InChI is InChI=1S/C22H38O4/c1-2-3-6-11-19(24)13-9-10-18-15-16-22(26)21(18)14-8-5-4-7-12-20(25)17-23/h9-10,18-19,21,23-24H,2-8,11-17H2,1H3/t18-,19?,21+/m0/s1. The van der Waals surface area contributed by atoms with Gasteiger partial charge in [0.2, 0.25) is 0 Å². The molecule has 4 nitrogen and oxygen atoms in total. The second-order valence-electron chi connectivity index (χ2n) is 7.74. The van der Waals surface area contributed by atoms with Crippen LogP contribution in [0.15, 0.2) is 12.2 Å². The van der Waals surface area contributed by atoms with Gasteiger partial charge in [-0.2, -0.15) is 0 Å². The van der Waals surface area contributed by atoms with Gasteiger partial charge < -0.3 is 10.2 Å². The molecule has 0 aromatic heterocycles. The van der Waals surface area contributed by atoms with Gasteiger partial charge in [0.15, 0.2) is 5.78 Å². The molecule has 1 rings (SSSR count). The minimum atomic E-state index is -0.349. The summed E-state index contributed by atoms with van der Waals surface area (Å²) < 4.78 is 0. The Morgan fingerprint density at radius 3 is 2.69 bits per heavy atom. The van der Waals surface area contributed by atoms with E-state index in [1.165, 1.54) is 12.8 Å². The van der Waals surface area contributed by atoms with Crippen LogP contribution in [0.5, 0.6) is 0 Å². The first kappa shape index (κ1) is 23.0. The average Bonchev–Trinajstić information content (AvgIpc) is 2.98. The molecule has 0 aromatic rings. The van der Waals surface area contributed by atoms with Gasteiger partial charge in [0.1, 0.15) is 12.4 Å². The van der Waals surface area contributed by atoms with Gasteiger partial charge in [-0.15, -0.1) is 0 Å². The SMILES string of the molecule is CCCCCC(O)CC=C[C@H]1CCC(=O)[C@@H]1CCCCCCC(=O)CO. The van der Waals surface area contributed by atoms with Crippen LogP contribution in [0.1, 0.15) is 90.4 Å². The maximum Gasteiger partial charge on any atom is 0.158 e. The quantitative estimate of drug-likeness (QED) is 0.333. The predicted octanol–water partition coefficient (Wildman–Crippen LogP) is 4.37. The maximum absolute atomic E-state index is 12.1. The third kappa shape index (κ3) is 9.63. The molecule has 0 aliphatic heterocycles. The van der Waals surface area contributed by atoms with Gasteiger partial charge in [0.05, 0.1) is 6.10 Å². The molecule has 1 unspecified atom stereocenters. The molecule has 0 spiro atoms. The summed E-state index contributed by atoms with van der Waals surface area (Å²) in [5, 5.41) is 18.7. The number of hydrogen-bond donors (Lipinski definition) is 2. The third-order valence-electron chi connectivity index (χ3n) is 5.48. The number of rotatable bonds is 15. The molecule has 1 aliphatic carbocycles. The van der Waals surface area contributed by atoms with Crippen molar-refractivity contribution >= 4 is 11.6 Å². The van der Waals surface area contributed by atoms with E-state index in [0.29, 0.717) is 31.0 Å². The Labute approximate surface area is 159 Å². The monoisotopic (exact) mass is 366 g/mol. The normalized spacial score (nSPS) is 21.6. The van der Waals surface area contributed by atoms with E-state index in [9.17, 15) is 14.7 Å². The highest BCUT2D eigenvalue weighted by molar-refractivity contribution is 5.83. The summed E-state index contributed by atoms with van der Waals surface area (Å²) in [4.78, 5) is 23.2. The summed E-state index contributed by atoms with van der Waals surface area (Å²) in [6, 6.07) is 0. The topological polar surface area (TPSA) is 74.6 Å². The second kappa shape index (κ2) is 14.1. The molecule has 0 radical (unpaired) electrons. The van der Waals surface area contributed by atoms with Gasteiger partial charge in [-0.3, -0.25) is 9.59 Å². The van der Waals surface area contributed by atoms with Crippen LogP contribution in [-0.2, 0) is 9.59 Å². The van der Waals surface area contributed by atoms with Crippen LogP contribution in [0, 0.1) is 11.8 Å². The van der Waals surface area contributed by atoms with Gasteiger partial charge in [-0.25, -0.2) is 0 Å². The van der Waals surface area contributed by atoms with Crippen LogP contribution in [0.2, 0.25) is 0 Å². The summed E-state index contributed by atoms with van der Waals surface area (Å²) >= 11 is 0. The van der Waals surface area contributed by atoms with Gasteiger partial charge in [0.25, 0.3) is 0 Å². The molecule has 26 heavy (non-hydrogen) atoms. The molecular formula is C22H38O4. The largest absolute Gasteiger partial charge is 0.393 e.